The average molecular weight is 196 g/mol. The quantitative estimate of drug-likeness (QED) is 0.701. The second-order valence-corrected chi connectivity index (χ2v) is 4.60. The van der Waals surface area contributed by atoms with Crippen molar-refractivity contribution < 1.29 is 9.84 Å². The number of aliphatic hydroxyl groups excluding tert-OH is 1. The summed E-state index contributed by atoms with van der Waals surface area (Å²) in [6, 6.07) is 0. The minimum Gasteiger partial charge on any atom is -0.394 e. The molecule has 2 aliphatic rings. The van der Waals surface area contributed by atoms with Gasteiger partial charge >= 0.3 is 0 Å². The van der Waals surface area contributed by atoms with Crippen molar-refractivity contribution in [2.45, 2.75) is 38.7 Å². The molecule has 0 radical (unpaired) electrons. The first-order valence-electron chi connectivity index (χ1n) is 5.73. The lowest BCUT2D eigenvalue weighted by Gasteiger charge is -2.38. The Kier molecular flexibility index (Phi) is 3.24. The Morgan fingerprint density at radius 1 is 1.57 bits per heavy atom. The predicted molar refractivity (Wildman–Crippen MR) is 56.0 cm³/mol. The molecule has 0 aromatic carbocycles. The van der Waals surface area contributed by atoms with Gasteiger partial charge in [-0.25, -0.2) is 0 Å². The topological polar surface area (TPSA) is 29.5 Å². The van der Waals surface area contributed by atoms with Crippen LogP contribution in [0.3, 0.4) is 0 Å². The summed E-state index contributed by atoms with van der Waals surface area (Å²) in [7, 11) is 0. The van der Waals surface area contributed by atoms with E-state index in [9.17, 15) is 0 Å². The number of rotatable bonds is 3. The molecular formula is C12H20O2. The van der Waals surface area contributed by atoms with E-state index in [1.165, 1.54) is 25.7 Å². The molecule has 1 N–H and O–H groups in total. The van der Waals surface area contributed by atoms with Crippen LogP contribution in [0.4, 0.5) is 0 Å². The van der Waals surface area contributed by atoms with Crippen molar-refractivity contribution in [2.75, 3.05) is 13.2 Å². The summed E-state index contributed by atoms with van der Waals surface area (Å²) in [6.07, 6.45) is 7.90. The highest BCUT2D eigenvalue weighted by Gasteiger charge is 2.33. The zero-order valence-electron chi connectivity index (χ0n) is 8.91. The van der Waals surface area contributed by atoms with Crippen LogP contribution in [0.1, 0.15) is 32.6 Å². The molecule has 2 rings (SSSR count). The fourth-order valence-electron chi connectivity index (χ4n) is 2.94. The van der Waals surface area contributed by atoms with Crippen molar-refractivity contribution in [3.05, 3.63) is 11.6 Å². The van der Waals surface area contributed by atoms with Gasteiger partial charge in [0.15, 0.2) is 0 Å². The maximum Gasteiger partial charge on any atom is 0.0701 e. The van der Waals surface area contributed by atoms with E-state index in [-0.39, 0.29) is 6.61 Å². The van der Waals surface area contributed by atoms with Gasteiger partial charge in [0.25, 0.3) is 0 Å². The molecule has 0 spiro atoms. The molecule has 0 aromatic rings. The monoisotopic (exact) mass is 196 g/mol. The molecule has 0 aromatic heterocycles. The zero-order valence-corrected chi connectivity index (χ0v) is 8.91. The Balaban J connectivity index is 2.01. The SMILES string of the molecule is CC1C=C2CCCC(C2)C1OCCO. The van der Waals surface area contributed by atoms with Crippen molar-refractivity contribution in [3.8, 4) is 0 Å². The third-order valence-electron chi connectivity index (χ3n) is 3.48. The van der Waals surface area contributed by atoms with E-state index in [1.807, 2.05) is 0 Å². The van der Waals surface area contributed by atoms with Gasteiger partial charge in [-0.3, -0.25) is 0 Å². The van der Waals surface area contributed by atoms with Crippen molar-refractivity contribution in [3.63, 3.8) is 0 Å². The van der Waals surface area contributed by atoms with Gasteiger partial charge in [-0.2, -0.15) is 0 Å². The third kappa shape index (κ3) is 2.01. The predicted octanol–water partition coefficient (Wildman–Crippen LogP) is 2.13. The van der Waals surface area contributed by atoms with E-state index >= 15 is 0 Å². The molecule has 2 heteroatoms. The van der Waals surface area contributed by atoms with Gasteiger partial charge in [0.05, 0.1) is 19.3 Å². The molecule has 2 nitrogen and oxygen atoms in total. The Bertz CT molecular complexity index is 222. The largest absolute Gasteiger partial charge is 0.394 e. The van der Waals surface area contributed by atoms with E-state index in [0.717, 1.165) is 0 Å². The van der Waals surface area contributed by atoms with E-state index in [2.05, 4.69) is 13.0 Å². The first-order valence-corrected chi connectivity index (χ1v) is 5.73. The summed E-state index contributed by atoms with van der Waals surface area (Å²) < 4.78 is 5.74. The normalized spacial score (nSPS) is 36.7. The highest BCUT2D eigenvalue weighted by atomic mass is 16.5. The molecule has 3 atom stereocenters. The van der Waals surface area contributed by atoms with Gasteiger partial charge in [0.1, 0.15) is 0 Å². The standard InChI is InChI=1S/C12H20O2/c1-9-7-10-3-2-4-11(8-10)12(9)14-6-5-13/h7,9,11-13H,2-6,8H2,1H3. The number of fused-ring (bicyclic) bond motifs is 2. The minimum atomic E-state index is 0.145. The third-order valence-corrected chi connectivity index (χ3v) is 3.48. The van der Waals surface area contributed by atoms with E-state index in [4.69, 9.17) is 9.84 Å². The Morgan fingerprint density at radius 3 is 3.21 bits per heavy atom. The van der Waals surface area contributed by atoms with Crippen LogP contribution >= 0.6 is 0 Å². The highest BCUT2D eigenvalue weighted by Crippen LogP contribution is 2.39. The van der Waals surface area contributed by atoms with E-state index in [0.29, 0.717) is 24.5 Å². The summed E-state index contributed by atoms with van der Waals surface area (Å²) in [5.41, 5.74) is 1.64. The van der Waals surface area contributed by atoms with E-state index < -0.39 is 0 Å². The van der Waals surface area contributed by atoms with Crippen molar-refractivity contribution in [2.24, 2.45) is 11.8 Å². The van der Waals surface area contributed by atoms with Crippen LogP contribution in [-0.4, -0.2) is 24.4 Å². The van der Waals surface area contributed by atoms with Crippen LogP contribution in [0, 0.1) is 11.8 Å². The van der Waals surface area contributed by atoms with Crippen LogP contribution in [0.2, 0.25) is 0 Å². The maximum atomic E-state index is 8.77. The molecular weight excluding hydrogens is 176 g/mol. The van der Waals surface area contributed by atoms with Crippen molar-refractivity contribution in [1.82, 2.24) is 0 Å². The fourth-order valence-corrected chi connectivity index (χ4v) is 2.94. The number of hydrogen-bond acceptors (Lipinski definition) is 2. The molecule has 0 aliphatic heterocycles. The smallest absolute Gasteiger partial charge is 0.0701 e. The molecule has 3 unspecified atom stereocenters. The molecule has 2 aliphatic carbocycles. The number of hydrogen-bond donors (Lipinski definition) is 1. The van der Waals surface area contributed by atoms with Gasteiger partial charge in [0.2, 0.25) is 0 Å². The van der Waals surface area contributed by atoms with Crippen LogP contribution < -0.4 is 0 Å². The van der Waals surface area contributed by atoms with Crippen LogP contribution in [0.25, 0.3) is 0 Å². The lowest BCUT2D eigenvalue weighted by atomic mass is 9.73. The summed E-state index contributed by atoms with van der Waals surface area (Å²) in [5, 5.41) is 8.77. The summed E-state index contributed by atoms with van der Waals surface area (Å²) in [5.74, 6) is 1.25. The Labute approximate surface area is 86.0 Å². The molecule has 80 valence electrons. The fraction of sp³-hybridized carbons (Fsp3) is 0.833. The first kappa shape index (κ1) is 10.2. The van der Waals surface area contributed by atoms with Gasteiger partial charge in [-0.1, -0.05) is 18.6 Å². The number of aliphatic hydroxyl groups is 1. The number of allylic oxidation sites excluding steroid dienone is 1. The molecule has 14 heavy (non-hydrogen) atoms. The number of ether oxygens (including phenoxy) is 1. The molecule has 0 saturated heterocycles. The second-order valence-electron chi connectivity index (χ2n) is 4.60. The first-order chi connectivity index (χ1) is 6.81. The van der Waals surface area contributed by atoms with Crippen LogP contribution in [-0.2, 0) is 4.74 Å². The van der Waals surface area contributed by atoms with Crippen LogP contribution in [0.15, 0.2) is 11.6 Å². The zero-order chi connectivity index (χ0) is 9.97. The summed E-state index contributed by atoms with van der Waals surface area (Å²) in [4.78, 5) is 0. The van der Waals surface area contributed by atoms with Gasteiger partial charge < -0.3 is 9.84 Å². The van der Waals surface area contributed by atoms with Crippen molar-refractivity contribution >= 4 is 0 Å². The minimum absolute atomic E-state index is 0.145. The lowest BCUT2D eigenvalue weighted by Crippen LogP contribution is -2.36. The Morgan fingerprint density at radius 2 is 2.43 bits per heavy atom. The second kappa shape index (κ2) is 4.45. The average Bonchev–Trinajstić information content (AvgIpc) is 2.17. The summed E-state index contributed by atoms with van der Waals surface area (Å²) >= 11 is 0. The lowest BCUT2D eigenvalue weighted by molar-refractivity contribution is -0.0358. The van der Waals surface area contributed by atoms with Crippen LogP contribution in [0.5, 0.6) is 0 Å². The van der Waals surface area contributed by atoms with Gasteiger partial charge in [0, 0.05) is 5.92 Å². The van der Waals surface area contributed by atoms with Gasteiger partial charge in [-0.15, -0.1) is 0 Å². The van der Waals surface area contributed by atoms with E-state index in [1.54, 1.807) is 5.57 Å². The highest BCUT2D eigenvalue weighted by molar-refractivity contribution is 5.14. The molecule has 1 saturated carbocycles. The Hall–Kier alpha value is -0.340. The molecule has 0 amide bonds. The molecule has 0 heterocycles. The maximum absolute atomic E-state index is 8.77. The van der Waals surface area contributed by atoms with Crippen molar-refractivity contribution in [1.29, 1.82) is 0 Å². The summed E-state index contributed by atoms with van der Waals surface area (Å²) in [6.45, 7) is 2.88. The molecule has 1 fully saturated rings. The molecule has 2 bridgehead atoms. The van der Waals surface area contributed by atoms with Gasteiger partial charge in [-0.05, 0) is 31.6 Å².